The van der Waals surface area contributed by atoms with Gasteiger partial charge in [-0.15, -0.1) is 12.4 Å². The zero-order chi connectivity index (χ0) is 21.9. The van der Waals surface area contributed by atoms with Crippen molar-refractivity contribution in [2.24, 2.45) is 0 Å². The number of aryl methyl sites for hydroxylation is 1. The Balaban J connectivity index is 0.00000900. The van der Waals surface area contributed by atoms with Crippen molar-refractivity contribution in [3.05, 3.63) is 41.7 Å². The van der Waals surface area contributed by atoms with E-state index in [4.69, 9.17) is 4.74 Å². The Bertz CT molecular complexity index is 588. The molecule has 0 saturated heterocycles. The Morgan fingerprint density at radius 3 is 1.90 bits per heavy atom. The molecule has 1 aromatic heterocycles. The number of carbonyl (C=O) groups is 1. The number of halogens is 1. The lowest BCUT2D eigenvalue weighted by atomic mass is 10.0. The van der Waals surface area contributed by atoms with Gasteiger partial charge in [0.15, 0.2) is 0 Å². The van der Waals surface area contributed by atoms with E-state index in [1.807, 2.05) is 6.20 Å². The first-order chi connectivity index (χ1) is 14.6. The minimum absolute atomic E-state index is 0. The van der Waals surface area contributed by atoms with Gasteiger partial charge < -0.3 is 4.74 Å². The summed E-state index contributed by atoms with van der Waals surface area (Å²) in [5.74, 6) is -0.325. The molecule has 1 rings (SSSR count). The molecule has 0 aromatic carbocycles. The summed E-state index contributed by atoms with van der Waals surface area (Å²) in [6.07, 6.45) is 23.1. The smallest absolute Gasteiger partial charge is 0.333 e. The number of aromatic nitrogens is 1. The van der Waals surface area contributed by atoms with Crippen LogP contribution in [0.1, 0.15) is 115 Å². The van der Waals surface area contributed by atoms with Gasteiger partial charge in [-0.1, -0.05) is 97.0 Å². The molecule has 1 aromatic rings. The number of carbonyl (C=O) groups excluding carboxylic acids is 1. The molecular formula is C27H46ClNO2. The van der Waals surface area contributed by atoms with E-state index in [1.54, 1.807) is 6.92 Å². The number of hydrogen-bond donors (Lipinski definition) is 0. The van der Waals surface area contributed by atoms with Crippen LogP contribution in [0.2, 0.25) is 0 Å². The van der Waals surface area contributed by atoms with E-state index < -0.39 is 0 Å². The van der Waals surface area contributed by atoms with Gasteiger partial charge in [0.1, 0.15) is 0 Å². The predicted octanol–water partition coefficient (Wildman–Crippen LogP) is 8.19. The molecule has 1 heterocycles. The lowest BCUT2D eigenvalue weighted by Gasteiger charge is -2.06. The summed E-state index contributed by atoms with van der Waals surface area (Å²) in [5, 5.41) is 0. The summed E-state index contributed by atoms with van der Waals surface area (Å²) in [6.45, 7) is 7.90. The monoisotopic (exact) mass is 451 g/mol. The molecule has 0 fully saturated rings. The van der Waals surface area contributed by atoms with Crippen LogP contribution in [-0.4, -0.2) is 17.6 Å². The van der Waals surface area contributed by atoms with Crippen molar-refractivity contribution in [3.8, 4) is 0 Å². The average molecular weight is 452 g/mol. The highest BCUT2D eigenvalue weighted by Crippen LogP contribution is 2.14. The molecule has 31 heavy (non-hydrogen) atoms. The summed E-state index contributed by atoms with van der Waals surface area (Å²) >= 11 is 0. The van der Waals surface area contributed by atoms with E-state index in [0.29, 0.717) is 18.6 Å². The first-order valence-electron chi connectivity index (χ1n) is 12.4. The summed E-state index contributed by atoms with van der Waals surface area (Å²) in [7, 11) is 0. The Hall–Kier alpha value is -1.35. The van der Waals surface area contributed by atoms with Crippen molar-refractivity contribution in [2.45, 2.75) is 117 Å². The molecule has 0 aliphatic carbocycles. The number of nitrogens with zero attached hydrogens (tertiary/aromatic N) is 1. The van der Waals surface area contributed by atoms with Gasteiger partial charge in [0.2, 0.25) is 0 Å². The lowest BCUT2D eigenvalue weighted by Crippen LogP contribution is -2.08. The van der Waals surface area contributed by atoms with Crippen LogP contribution in [0.3, 0.4) is 0 Å². The van der Waals surface area contributed by atoms with Crippen molar-refractivity contribution in [2.75, 3.05) is 6.61 Å². The number of unbranched alkanes of at least 4 members (excludes halogenated alkanes) is 13. The second-order valence-electron chi connectivity index (χ2n) is 8.67. The van der Waals surface area contributed by atoms with Crippen LogP contribution in [0, 0.1) is 0 Å². The van der Waals surface area contributed by atoms with Gasteiger partial charge in [0.25, 0.3) is 0 Å². The Morgan fingerprint density at radius 2 is 1.39 bits per heavy atom. The standard InChI is InChI=1S/C27H45NO2.ClH/c1-4-5-6-7-8-9-10-11-12-13-14-15-16-17-18-25-19-21-28-26(23-25)20-22-30-27(29)24(2)3;/h19,21,23H,2,4-18,20,22H2,1,3H3;1H. The summed E-state index contributed by atoms with van der Waals surface area (Å²) in [6, 6.07) is 4.25. The predicted molar refractivity (Wildman–Crippen MR) is 135 cm³/mol. The van der Waals surface area contributed by atoms with Gasteiger partial charge >= 0.3 is 5.97 Å². The number of pyridine rings is 1. The Morgan fingerprint density at radius 1 is 0.871 bits per heavy atom. The maximum Gasteiger partial charge on any atom is 0.333 e. The third kappa shape index (κ3) is 16.9. The van der Waals surface area contributed by atoms with Gasteiger partial charge in [-0.05, 0) is 37.5 Å². The quantitative estimate of drug-likeness (QED) is 0.121. The van der Waals surface area contributed by atoms with Crippen LogP contribution < -0.4 is 0 Å². The second-order valence-corrected chi connectivity index (χ2v) is 8.67. The fourth-order valence-corrected chi connectivity index (χ4v) is 3.72. The topological polar surface area (TPSA) is 39.2 Å². The second kappa shape index (κ2) is 20.5. The molecule has 0 spiro atoms. The highest BCUT2D eigenvalue weighted by molar-refractivity contribution is 5.86. The molecule has 0 N–H and O–H groups in total. The molecule has 0 atom stereocenters. The normalized spacial score (nSPS) is 10.5. The Kier molecular flexibility index (Phi) is 19.7. The fraction of sp³-hybridized carbons (Fsp3) is 0.704. The number of esters is 1. The summed E-state index contributed by atoms with van der Waals surface area (Å²) < 4.78 is 5.16. The van der Waals surface area contributed by atoms with Crippen molar-refractivity contribution in [1.29, 1.82) is 0 Å². The molecule has 4 heteroatoms. The van der Waals surface area contributed by atoms with Crippen molar-refractivity contribution in [3.63, 3.8) is 0 Å². The maximum atomic E-state index is 11.4. The van der Waals surface area contributed by atoms with Crippen LogP contribution in [0.25, 0.3) is 0 Å². The van der Waals surface area contributed by atoms with Gasteiger partial charge in [0, 0.05) is 23.9 Å². The molecule has 3 nitrogen and oxygen atoms in total. The average Bonchev–Trinajstić information content (AvgIpc) is 2.74. The van der Waals surface area contributed by atoms with E-state index in [2.05, 4.69) is 30.6 Å². The van der Waals surface area contributed by atoms with Crippen molar-refractivity contribution in [1.82, 2.24) is 4.98 Å². The van der Waals surface area contributed by atoms with Gasteiger partial charge in [-0.2, -0.15) is 0 Å². The van der Waals surface area contributed by atoms with E-state index in [-0.39, 0.29) is 18.4 Å². The molecule has 0 radical (unpaired) electrons. The largest absolute Gasteiger partial charge is 0.462 e. The number of ether oxygens (including phenoxy) is 1. The molecule has 0 saturated carbocycles. The van der Waals surface area contributed by atoms with E-state index in [9.17, 15) is 4.79 Å². The summed E-state index contributed by atoms with van der Waals surface area (Å²) in [5.41, 5.74) is 2.77. The molecular weight excluding hydrogens is 406 g/mol. The first kappa shape index (κ1) is 29.7. The van der Waals surface area contributed by atoms with Gasteiger partial charge in [-0.3, -0.25) is 4.98 Å². The lowest BCUT2D eigenvalue weighted by molar-refractivity contribution is -0.138. The Labute approximate surface area is 197 Å². The number of rotatable bonds is 19. The van der Waals surface area contributed by atoms with Crippen LogP contribution in [0.5, 0.6) is 0 Å². The minimum atomic E-state index is -0.325. The third-order valence-corrected chi connectivity index (χ3v) is 5.64. The van der Waals surface area contributed by atoms with E-state index in [0.717, 1.165) is 12.1 Å². The van der Waals surface area contributed by atoms with Crippen LogP contribution >= 0.6 is 12.4 Å². The fourth-order valence-electron chi connectivity index (χ4n) is 3.72. The maximum absolute atomic E-state index is 11.4. The molecule has 178 valence electrons. The zero-order valence-electron chi connectivity index (χ0n) is 20.1. The summed E-state index contributed by atoms with van der Waals surface area (Å²) in [4.78, 5) is 15.8. The minimum Gasteiger partial charge on any atom is -0.462 e. The SMILES string of the molecule is C=C(C)C(=O)OCCc1cc(CCCCCCCCCCCCCCCC)ccn1.Cl. The molecule has 0 bridgehead atoms. The highest BCUT2D eigenvalue weighted by atomic mass is 35.5. The van der Waals surface area contributed by atoms with Crippen molar-refractivity contribution >= 4 is 18.4 Å². The molecule has 0 amide bonds. The molecule has 0 unspecified atom stereocenters. The van der Waals surface area contributed by atoms with Crippen molar-refractivity contribution < 1.29 is 9.53 Å². The molecule has 0 aliphatic rings. The first-order valence-corrected chi connectivity index (χ1v) is 12.4. The van der Waals surface area contributed by atoms with Gasteiger partial charge in [-0.25, -0.2) is 4.79 Å². The van der Waals surface area contributed by atoms with E-state index in [1.165, 1.54) is 95.5 Å². The zero-order valence-corrected chi connectivity index (χ0v) is 20.9. The van der Waals surface area contributed by atoms with E-state index >= 15 is 0 Å². The molecule has 0 aliphatic heterocycles. The van der Waals surface area contributed by atoms with Crippen LogP contribution in [0.4, 0.5) is 0 Å². The highest BCUT2D eigenvalue weighted by Gasteiger charge is 2.04. The third-order valence-electron chi connectivity index (χ3n) is 5.64. The van der Waals surface area contributed by atoms with Gasteiger partial charge in [0.05, 0.1) is 6.61 Å². The van der Waals surface area contributed by atoms with Crippen LogP contribution in [-0.2, 0) is 22.4 Å². The van der Waals surface area contributed by atoms with Crippen LogP contribution in [0.15, 0.2) is 30.5 Å². The number of hydrogen-bond acceptors (Lipinski definition) is 3.